The second-order valence-electron chi connectivity index (χ2n) is 25.3. The second-order valence-corrected chi connectivity index (χ2v) is 29.0. The molecule has 0 heterocycles. The van der Waals surface area contributed by atoms with Crippen LogP contribution >= 0.6 is 23.2 Å². The number of ether oxygens (including phenoxy) is 5. The number of hydrogen-bond donors (Lipinski definition) is 3. The first-order chi connectivity index (χ1) is 42.0. The van der Waals surface area contributed by atoms with Crippen molar-refractivity contribution in [1.82, 2.24) is 0 Å². The number of aryl methyl sites for hydroxylation is 1. The molecule has 0 aromatic heterocycles. The Kier molecular flexibility index (Phi) is 22.2. The van der Waals surface area contributed by atoms with Crippen molar-refractivity contribution in [3.8, 4) is 0 Å². The number of ketones is 2. The number of rotatable bonds is 11. The third-order valence-corrected chi connectivity index (χ3v) is 24.2. The number of aliphatic hydroxyl groups excluding tert-OH is 2. The molecule has 0 radical (unpaired) electrons. The molecule has 90 heavy (non-hydrogen) atoms. The predicted octanol–water partition coefficient (Wildman–Crippen LogP) is 12.1. The second kappa shape index (κ2) is 27.7. The number of carboxylic acid groups (broad SMARTS) is 1. The minimum absolute atomic E-state index is 0.0131. The first kappa shape index (κ1) is 72.2. The van der Waals surface area contributed by atoms with E-state index in [0.29, 0.717) is 18.1 Å². The lowest BCUT2D eigenvalue weighted by Gasteiger charge is -2.59. The fraction of sp³-hybridized carbons (Fsp3) is 0.600. The van der Waals surface area contributed by atoms with Crippen molar-refractivity contribution in [3.05, 3.63) is 106 Å². The van der Waals surface area contributed by atoms with Crippen molar-refractivity contribution in [2.45, 2.75) is 173 Å². The lowest BCUT2D eigenvalue weighted by atomic mass is 9.46. The molecule has 0 amide bonds. The number of carbonyl (C=O) groups excluding carboxylic acids is 5. The highest BCUT2D eigenvalue weighted by molar-refractivity contribution is 7.98. The highest BCUT2D eigenvalue weighted by Crippen LogP contribution is 2.70. The van der Waals surface area contributed by atoms with Crippen LogP contribution in [-0.4, -0.2) is 118 Å². The van der Waals surface area contributed by atoms with Gasteiger partial charge in [0.2, 0.25) is 21.6 Å². The van der Waals surface area contributed by atoms with E-state index in [1.807, 2.05) is 42.3 Å². The summed E-state index contributed by atoms with van der Waals surface area (Å²) in [5.74, 6) is -1.93. The first-order valence-electron chi connectivity index (χ1n) is 29.9. The van der Waals surface area contributed by atoms with Crippen molar-refractivity contribution in [2.75, 3.05) is 24.5 Å². The molecule has 0 aliphatic heterocycles. The minimum Gasteiger partial charge on any atom is -0.725 e. The average molecular weight is 1340 g/mol. The van der Waals surface area contributed by atoms with Crippen LogP contribution in [0.3, 0.4) is 0 Å². The zero-order chi connectivity index (χ0) is 66.9. The van der Waals surface area contributed by atoms with Crippen LogP contribution in [0.2, 0.25) is 0 Å². The molecule has 13 unspecified atom stereocenters. The maximum atomic E-state index is 13.2. The van der Waals surface area contributed by atoms with Gasteiger partial charge < -0.3 is 43.6 Å². The number of allylic oxidation sites excluding steroid dienone is 8. The Labute approximate surface area is 536 Å². The SMILES string of the molecule is CCOC(=O)O[C@]1(C(=O)O)CCC2C3CCC4=CC(=O)C=CC4(C)C3C(O)CC21C.CCOC(=O)O[C@]1(C(=O)OCCl)CCC2C3CCC4=CC(=O)C=CC4(C)C3C(O)CC21C.Cc1cc([S+](CCl)c2[c-]cccc2)c(C)c(C)c1C.O=S(=O)([O-])OC(F)(F)F. The monoisotopic (exact) mass is 1340 g/mol. The largest absolute Gasteiger partial charge is 0.725 e. The normalized spacial score (nSPS) is 33.8. The maximum absolute atomic E-state index is 13.2. The van der Waals surface area contributed by atoms with Crippen LogP contribution in [0, 0.1) is 90.9 Å². The Morgan fingerprint density at radius 2 is 1.21 bits per heavy atom. The molecule has 25 heteroatoms. The Morgan fingerprint density at radius 3 is 1.62 bits per heavy atom. The number of carbonyl (C=O) groups is 6. The van der Waals surface area contributed by atoms with Crippen LogP contribution in [0.15, 0.2) is 87.7 Å². The van der Waals surface area contributed by atoms with Gasteiger partial charge in [-0.3, -0.25) is 9.59 Å². The topological polar surface area (TPSA) is 276 Å². The molecule has 0 bridgehead atoms. The standard InChI is InChI=1S/C24H31ClO7.C23H30O7.C17H19ClS.CHF3O4S/c1-4-30-21(29)32-24(20(28)31-13-25)10-8-17-16-6-5-14-11-15(26)7-9-22(14,2)19(16)18(27)12-23(17,24)3;1-4-29-20(28)30-23(19(26)27)10-8-16-15-6-5-13-11-14(24)7-9-21(13,2)18(15)17(25)12-22(16,23)3;1-12-10-17(15(4)14(3)13(12)2)19(11-18)16-8-6-5-7-9-16;2-1(3,4)8-9(5,6)7/h7,9,11,16-19,27H,4-6,8,10,12-13H2,1-3H3;7,9,11,15-18,25H,4-6,8,10,12H2,1-3H3,(H,26,27);5-8,10H,11H2,1-4H3;(H,5,6,7)/p-1/t16?,17?,18?,19?,22?,23?,24-;15?,16?,17?,18?,21?,22?,23-;;/m00../s1. The number of halogens is 5. The van der Waals surface area contributed by atoms with E-state index >= 15 is 0 Å². The van der Waals surface area contributed by atoms with Gasteiger partial charge in [-0.05, 0) is 176 Å². The molecule has 8 aliphatic carbocycles. The van der Waals surface area contributed by atoms with Gasteiger partial charge in [0, 0.05) is 39.1 Å². The molecule has 18 nitrogen and oxygen atoms in total. The van der Waals surface area contributed by atoms with Gasteiger partial charge >= 0.3 is 30.6 Å². The van der Waals surface area contributed by atoms with Crippen molar-refractivity contribution < 1.29 is 98.1 Å². The first-order valence-corrected chi connectivity index (χ1v) is 33.7. The fourth-order valence-electron chi connectivity index (χ4n) is 16.8. The number of aliphatic carboxylic acids is 1. The summed E-state index contributed by atoms with van der Waals surface area (Å²) < 4.78 is 88.0. The summed E-state index contributed by atoms with van der Waals surface area (Å²) in [6.07, 6.45) is 6.87. The number of alkyl halides is 5. The Morgan fingerprint density at radius 1 is 0.733 bits per heavy atom. The summed E-state index contributed by atoms with van der Waals surface area (Å²) >= 11 is 11.9. The highest BCUT2D eigenvalue weighted by atomic mass is 35.5. The summed E-state index contributed by atoms with van der Waals surface area (Å²) in [6.45, 7) is 20.2. The molecule has 15 atom stereocenters. The number of fused-ring (bicyclic) bond motifs is 10. The molecule has 6 saturated carbocycles. The molecule has 2 aromatic carbocycles. The van der Waals surface area contributed by atoms with E-state index in [1.165, 1.54) is 32.0 Å². The van der Waals surface area contributed by atoms with E-state index in [1.54, 1.807) is 38.2 Å². The summed E-state index contributed by atoms with van der Waals surface area (Å²) in [5, 5.41) is 33.6. The number of hydrogen-bond acceptors (Lipinski definition) is 17. The summed E-state index contributed by atoms with van der Waals surface area (Å²) in [7, 11) is -5.75. The molecular weight excluding hydrogens is 1260 g/mol. The Bertz CT molecular complexity index is 3320. The molecule has 3 N–H and O–H groups in total. The third kappa shape index (κ3) is 13.9. The van der Waals surface area contributed by atoms with Crippen molar-refractivity contribution in [1.29, 1.82) is 0 Å². The van der Waals surface area contributed by atoms with Gasteiger partial charge in [-0.15, -0.1) is 25.3 Å². The van der Waals surface area contributed by atoms with Crippen LogP contribution in [-0.2, 0) is 68.3 Å². The Hall–Kier alpha value is -5.27. The van der Waals surface area contributed by atoms with Gasteiger partial charge in [-0.25, -0.2) is 27.6 Å². The molecule has 0 saturated heterocycles. The Balaban J connectivity index is 0.000000184. The number of benzene rings is 2. The third-order valence-electron chi connectivity index (χ3n) is 21.1. The molecule has 2 aromatic rings. The molecular formula is C65H80Cl2F3O18S2-. The van der Waals surface area contributed by atoms with E-state index in [0.717, 1.165) is 36.8 Å². The van der Waals surface area contributed by atoms with Crippen molar-refractivity contribution >= 4 is 80.3 Å². The van der Waals surface area contributed by atoms with Gasteiger partial charge in [0.25, 0.3) is 0 Å². The molecule has 10 rings (SSSR count). The fourth-order valence-corrected chi connectivity index (χ4v) is 19.6. The van der Waals surface area contributed by atoms with Crippen LogP contribution in [0.4, 0.5) is 22.8 Å². The molecule has 8 aliphatic rings. The highest BCUT2D eigenvalue weighted by Gasteiger charge is 2.73. The van der Waals surface area contributed by atoms with Gasteiger partial charge in [-0.2, -0.15) is 22.4 Å². The smallest absolute Gasteiger partial charge is 0.536 e. The maximum Gasteiger partial charge on any atom is 0.536 e. The lowest BCUT2D eigenvalue weighted by molar-refractivity contribution is -0.275. The van der Waals surface area contributed by atoms with E-state index < -0.39 is 86.1 Å². The number of aliphatic hydroxyl groups is 2. The van der Waals surface area contributed by atoms with Gasteiger partial charge in [0.15, 0.2) is 27.7 Å². The summed E-state index contributed by atoms with van der Waals surface area (Å²) in [5.41, 5.74) is 1.71. The van der Waals surface area contributed by atoms with Crippen LogP contribution < -0.4 is 0 Å². The molecule has 496 valence electrons. The van der Waals surface area contributed by atoms with Crippen molar-refractivity contribution in [3.63, 3.8) is 0 Å². The quantitative estimate of drug-likeness (QED) is 0.0359. The van der Waals surface area contributed by atoms with Crippen LogP contribution in [0.1, 0.15) is 128 Å². The number of carboxylic acids is 1. The van der Waals surface area contributed by atoms with E-state index in [4.69, 9.17) is 59.9 Å². The average Bonchev–Trinajstić information content (AvgIpc) is 1.41. The zero-order valence-electron chi connectivity index (χ0n) is 52.0. The van der Waals surface area contributed by atoms with E-state index in [2.05, 4.69) is 65.8 Å². The van der Waals surface area contributed by atoms with Gasteiger partial charge in [-0.1, -0.05) is 74.2 Å². The zero-order valence-corrected chi connectivity index (χ0v) is 55.2. The van der Waals surface area contributed by atoms with E-state index in [-0.39, 0.29) is 103 Å². The van der Waals surface area contributed by atoms with Crippen molar-refractivity contribution in [2.24, 2.45) is 57.2 Å². The predicted molar refractivity (Wildman–Crippen MR) is 324 cm³/mol. The summed E-state index contributed by atoms with van der Waals surface area (Å²) in [4.78, 5) is 76.6. The van der Waals surface area contributed by atoms with E-state index in [9.17, 15) is 57.3 Å². The number of esters is 1. The minimum atomic E-state index is -5.66. The molecule has 0 spiro atoms. The van der Waals surface area contributed by atoms with Crippen LogP contribution in [0.5, 0.6) is 0 Å². The van der Waals surface area contributed by atoms with Gasteiger partial charge in [0.1, 0.15) is 0 Å². The van der Waals surface area contributed by atoms with Gasteiger partial charge in [0.05, 0.1) is 41.2 Å². The summed E-state index contributed by atoms with van der Waals surface area (Å²) in [6, 6.07) is 13.4. The van der Waals surface area contributed by atoms with Crippen LogP contribution in [0.25, 0.3) is 0 Å². The lowest BCUT2D eigenvalue weighted by Crippen LogP contribution is -2.62. The molecule has 6 fully saturated rings.